The van der Waals surface area contributed by atoms with Crippen molar-refractivity contribution in [3.63, 3.8) is 0 Å². The molecule has 2 aromatic carbocycles. The van der Waals surface area contributed by atoms with Crippen molar-refractivity contribution >= 4 is 16.9 Å². The Hall–Kier alpha value is -4.00. The molecule has 45 heavy (non-hydrogen) atoms. The molecule has 5 rings (SSSR count). The zero-order valence-electron chi connectivity index (χ0n) is 23.8. The predicted molar refractivity (Wildman–Crippen MR) is 148 cm³/mol. The molecule has 2 fully saturated rings. The maximum atomic E-state index is 13.8. The summed E-state index contributed by atoms with van der Waals surface area (Å²) in [4.78, 5) is 25.1. The molecular weight excluding hydrogens is 604 g/mol. The maximum Gasteiger partial charge on any atom is 0.302 e. The molecule has 10 unspecified atom stereocenters. The second-order valence-corrected chi connectivity index (χ2v) is 10.7. The fourth-order valence-electron chi connectivity index (χ4n) is 4.95. The van der Waals surface area contributed by atoms with Gasteiger partial charge in [0.2, 0.25) is 23.8 Å². The van der Waals surface area contributed by atoms with Crippen LogP contribution >= 0.6 is 0 Å². The molecule has 2 aliphatic heterocycles. The number of ether oxygens (including phenoxy) is 5. The molecule has 3 aromatic rings. The van der Waals surface area contributed by atoms with Crippen molar-refractivity contribution in [1.29, 1.82) is 0 Å². The van der Waals surface area contributed by atoms with E-state index in [4.69, 9.17) is 28.1 Å². The second kappa shape index (κ2) is 12.8. The van der Waals surface area contributed by atoms with E-state index in [0.717, 1.165) is 13.0 Å². The van der Waals surface area contributed by atoms with Gasteiger partial charge in [-0.05, 0) is 31.2 Å². The third-order valence-electron chi connectivity index (χ3n) is 7.45. The van der Waals surface area contributed by atoms with Gasteiger partial charge in [-0.3, -0.25) is 9.59 Å². The number of esters is 1. The van der Waals surface area contributed by atoms with Crippen molar-refractivity contribution in [1.82, 2.24) is 0 Å². The molecule has 244 valence electrons. The molecule has 0 radical (unpaired) electrons. The van der Waals surface area contributed by atoms with Gasteiger partial charge in [0.05, 0.1) is 6.10 Å². The van der Waals surface area contributed by atoms with E-state index in [1.165, 1.54) is 37.3 Å². The molecule has 0 aliphatic carbocycles. The Kier molecular flexibility index (Phi) is 9.20. The number of carbonyl (C=O) groups excluding carboxylic acids is 1. The summed E-state index contributed by atoms with van der Waals surface area (Å²) in [6, 6.07) is 7.49. The number of aliphatic hydroxyl groups excluding tert-OH is 6. The first-order valence-electron chi connectivity index (χ1n) is 13.8. The van der Waals surface area contributed by atoms with Gasteiger partial charge in [0.15, 0.2) is 5.76 Å². The molecule has 0 spiro atoms. The highest BCUT2D eigenvalue weighted by Gasteiger charge is 2.46. The predicted octanol–water partition coefficient (Wildman–Crippen LogP) is -1.17. The van der Waals surface area contributed by atoms with E-state index in [1.807, 2.05) is 0 Å². The Balaban J connectivity index is 1.56. The number of phenols is 2. The smallest absolute Gasteiger partial charge is 0.302 e. The second-order valence-electron chi connectivity index (χ2n) is 10.7. The first-order valence-corrected chi connectivity index (χ1v) is 13.8. The molecule has 8 N–H and O–H groups in total. The lowest BCUT2D eigenvalue weighted by molar-refractivity contribution is -0.278. The van der Waals surface area contributed by atoms with Gasteiger partial charge in [0.25, 0.3) is 0 Å². The summed E-state index contributed by atoms with van der Waals surface area (Å²) >= 11 is 0. The Morgan fingerprint density at radius 2 is 1.44 bits per heavy atom. The molecule has 10 atom stereocenters. The fourth-order valence-corrected chi connectivity index (χ4v) is 4.95. The minimum absolute atomic E-state index is 0.123. The topological polar surface area (TPSA) is 255 Å². The summed E-state index contributed by atoms with van der Waals surface area (Å²) in [5, 5.41) is 82.0. The molecular formula is C29H32O16. The average molecular weight is 637 g/mol. The van der Waals surface area contributed by atoms with Crippen LogP contribution in [-0.2, 0) is 19.0 Å². The van der Waals surface area contributed by atoms with Crippen molar-refractivity contribution < 1.29 is 73.7 Å². The Labute approximate surface area is 253 Å². The minimum atomic E-state index is -1.90. The van der Waals surface area contributed by atoms with E-state index in [-0.39, 0.29) is 28.4 Å². The van der Waals surface area contributed by atoms with Crippen LogP contribution in [0.4, 0.5) is 0 Å². The number of phenolic OH excluding ortho intramolecular Hbond substituents is 2. The van der Waals surface area contributed by atoms with Gasteiger partial charge in [-0.2, -0.15) is 0 Å². The number of rotatable bonds is 7. The summed E-state index contributed by atoms with van der Waals surface area (Å²) in [5.74, 6) is -2.55. The first kappa shape index (κ1) is 32.4. The van der Waals surface area contributed by atoms with E-state index in [2.05, 4.69) is 0 Å². The third kappa shape index (κ3) is 6.40. The first-order chi connectivity index (χ1) is 21.3. The van der Waals surface area contributed by atoms with Crippen LogP contribution in [0.5, 0.6) is 23.0 Å². The van der Waals surface area contributed by atoms with Crippen LogP contribution in [-0.4, -0.2) is 115 Å². The average Bonchev–Trinajstić information content (AvgIpc) is 2.99. The molecule has 16 heteroatoms. The van der Waals surface area contributed by atoms with Gasteiger partial charge in [-0.1, -0.05) is 0 Å². The SMILES string of the molecule is CC(=O)OCC1OC(Oc2c(-c3ccc(O)cc3)oc3cc(OC4OC(C)C(O)C(O)C4O)cc(O)c3c2=O)C(O)C(O)C1O. The van der Waals surface area contributed by atoms with Crippen LogP contribution in [0.15, 0.2) is 45.6 Å². The molecule has 1 aromatic heterocycles. The Bertz CT molecular complexity index is 1590. The summed E-state index contributed by atoms with van der Waals surface area (Å²) in [6.45, 7) is 2.04. The molecule has 0 bridgehead atoms. The van der Waals surface area contributed by atoms with E-state index in [9.17, 15) is 50.4 Å². The van der Waals surface area contributed by atoms with Crippen LogP contribution < -0.4 is 14.9 Å². The van der Waals surface area contributed by atoms with Gasteiger partial charge >= 0.3 is 5.97 Å². The molecule has 0 saturated carbocycles. The quantitative estimate of drug-likeness (QED) is 0.142. The number of benzene rings is 2. The van der Waals surface area contributed by atoms with Gasteiger partial charge in [-0.15, -0.1) is 0 Å². The lowest BCUT2D eigenvalue weighted by Gasteiger charge is -2.39. The molecule has 16 nitrogen and oxygen atoms in total. The van der Waals surface area contributed by atoms with E-state index >= 15 is 0 Å². The van der Waals surface area contributed by atoms with E-state index in [1.54, 1.807) is 0 Å². The van der Waals surface area contributed by atoms with E-state index in [0.29, 0.717) is 0 Å². The summed E-state index contributed by atoms with van der Waals surface area (Å²) in [5.41, 5.74) is -1.05. The summed E-state index contributed by atoms with van der Waals surface area (Å²) < 4.78 is 33.1. The highest BCUT2D eigenvalue weighted by atomic mass is 16.7. The monoisotopic (exact) mass is 636 g/mol. The minimum Gasteiger partial charge on any atom is -0.508 e. The number of fused-ring (bicyclic) bond motifs is 1. The van der Waals surface area contributed by atoms with Crippen molar-refractivity contribution in [2.24, 2.45) is 0 Å². The van der Waals surface area contributed by atoms with Gasteiger partial charge in [0, 0.05) is 24.6 Å². The van der Waals surface area contributed by atoms with Crippen LogP contribution in [0.1, 0.15) is 13.8 Å². The summed E-state index contributed by atoms with van der Waals surface area (Å²) in [6.07, 6.45) is -15.7. The van der Waals surface area contributed by atoms with Gasteiger partial charge in [-0.25, -0.2) is 0 Å². The normalized spacial score (nSPS) is 31.8. The zero-order valence-corrected chi connectivity index (χ0v) is 23.8. The van der Waals surface area contributed by atoms with Crippen LogP contribution in [0, 0.1) is 0 Å². The largest absolute Gasteiger partial charge is 0.508 e. The van der Waals surface area contributed by atoms with Crippen molar-refractivity contribution in [3.8, 4) is 34.3 Å². The Morgan fingerprint density at radius 1 is 0.822 bits per heavy atom. The number of carbonyl (C=O) groups is 1. The van der Waals surface area contributed by atoms with Crippen LogP contribution in [0.2, 0.25) is 0 Å². The molecule has 3 heterocycles. The van der Waals surface area contributed by atoms with E-state index < -0.39 is 96.3 Å². The number of aromatic hydroxyl groups is 2. The molecule has 2 aliphatic rings. The number of hydrogen-bond donors (Lipinski definition) is 8. The lowest BCUT2D eigenvalue weighted by Crippen LogP contribution is -2.60. The zero-order chi connectivity index (χ0) is 32.7. The highest BCUT2D eigenvalue weighted by molar-refractivity contribution is 5.88. The van der Waals surface area contributed by atoms with Gasteiger partial charge < -0.3 is 69.0 Å². The number of aliphatic hydroxyl groups is 6. The molecule has 2 saturated heterocycles. The standard InChI is InChI=1S/C29H32O16/c1-10-19(33)22(36)24(38)28(41-10)42-14-7-15(32)18-16(8-14)43-26(12-3-5-13(31)6-4-12)27(21(18)35)45-29-25(39)23(37)20(34)17(44-29)9-40-11(2)30/h3-8,10,17,19-20,22-25,28-29,31-34,36-39H,9H2,1-2H3. The highest BCUT2D eigenvalue weighted by Crippen LogP contribution is 2.38. The van der Waals surface area contributed by atoms with Crippen LogP contribution in [0.3, 0.4) is 0 Å². The molecule has 0 amide bonds. The maximum absolute atomic E-state index is 13.8. The van der Waals surface area contributed by atoms with Crippen molar-refractivity contribution in [2.45, 2.75) is 75.3 Å². The van der Waals surface area contributed by atoms with Crippen LogP contribution in [0.25, 0.3) is 22.3 Å². The number of hydrogen-bond acceptors (Lipinski definition) is 16. The van der Waals surface area contributed by atoms with Crippen molar-refractivity contribution in [3.05, 3.63) is 46.6 Å². The van der Waals surface area contributed by atoms with Gasteiger partial charge in [0.1, 0.15) is 77.6 Å². The fraction of sp³-hybridized carbons (Fsp3) is 0.448. The van der Waals surface area contributed by atoms with Crippen molar-refractivity contribution in [2.75, 3.05) is 6.61 Å². The Morgan fingerprint density at radius 3 is 2.09 bits per heavy atom. The third-order valence-corrected chi connectivity index (χ3v) is 7.45. The summed E-state index contributed by atoms with van der Waals surface area (Å²) in [7, 11) is 0. The lowest BCUT2D eigenvalue weighted by atomic mass is 9.99.